The Kier molecular flexibility index (Phi) is 19.3. The second-order valence-corrected chi connectivity index (χ2v) is 19.2. The fraction of sp³-hybridized carbons (Fsp3) is 0.490. The molecular formula is C49H61Br2NO7S. The Balaban J connectivity index is 0.000000228. The number of aromatic carboxylic acids is 2. The molecule has 0 saturated carbocycles. The molecule has 0 fully saturated rings. The normalized spacial score (nSPS) is 17.5. The molecule has 2 heterocycles. The highest BCUT2D eigenvalue weighted by Crippen LogP contribution is 2.45. The van der Waals surface area contributed by atoms with Crippen LogP contribution < -0.4 is 0 Å². The largest absolute Gasteiger partial charge is 0.477 e. The molecule has 4 atom stereocenters. The van der Waals surface area contributed by atoms with E-state index in [4.69, 9.17) is 14.6 Å². The number of carboxylic acid groups (broad SMARTS) is 2. The zero-order valence-electron chi connectivity index (χ0n) is 35.0. The summed E-state index contributed by atoms with van der Waals surface area (Å²) < 4.78 is 7.93. The number of benzene rings is 2. The van der Waals surface area contributed by atoms with Gasteiger partial charge < -0.3 is 24.8 Å². The number of aliphatic hydroxyl groups excluding tert-OH is 2. The van der Waals surface area contributed by atoms with Crippen molar-refractivity contribution in [2.24, 2.45) is 11.8 Å². The predicted octanol–water partition coefficient (Wildman–Crippen LogP) is 14.1. The molecule has 8 nitrogen and oxygen atoms in total. The molecule has 4 N–H and O–H groups in total. The SMILES string of the molecule is CCCCCC(O)c1ccc(C2=C(Br)CC[C@@H]2CCCc2ccc(C(=O)O)o2)cc1.CCCCCC(O)c1ccc(C2=C(Br)CC[C@@H]2CCCc2ncc(C(=O)O)s2)cc1. The number of halogens is 2. The smallest absolute Gasteiger partial charge is 0.371 e. The number of aromatic nitrogens is 1. The number of unbranched alkanes of at least 4 members (excludes halogenated alkanes) is 4. The molecule has 2 aromatic carbocycles. The highest BCUT2D eigenvalue weighted by atomic mass is 79.9. The zero-order chi connectivity index (χ0) is 43.0. The topological polar surface area (TPSA) is 141 Å². The Hall–Kier alpha value is -3.35. The van der Waals surface area contributed by atoms with Crippen molar-refractivity contribution in [2.45, 2.75) is 142 Å². The standard InChI is InChI=1S/C25H31BrO4.C24H30BrNO3S/c1-2-3-4-8-22(27)17-9-11-19(12-10-17)24-18(13-15-21(24)26)6-5-7-20-14-16-23(30-20)25(28)29;1-2-3-4-7-20(27)16-9-11-18(12-10-16)23-17(13-14-19(23)25)6-5-8-22-26-15-21(30-22)24(28)29/h9-12,14,16,18,22,27H,2-8,13,15H2,1H3,(H,28,29);9-12,15,17,20,27H,2-8,13-14H2,1H3,(H,28,29)/t18-,22?;17-,20?/m00/s1. The average Bonchev–Trinajstić information content (AvgIpc) is 4.07. The molecule has 0 saturated heterocycles. The minimum atomic E-state index is -1.02. The summed E-state index contributed by atoms with van der Waals surface area (Å²) in [4.78, 5) is 26.5. The minimum absolute atomic E-state index is 0.00571. The number of thiazole rings is 1. The van der Waals surface area contributed by atoms with E-state index >= 15 is 0 Å². The molecular weight excluding hydrogens is 906 g/mol. The first-order valence-electron chi connectivity index (χ1n) is 21.8. The van der Waals surface area contributed by atoms with E-state index < -0.39 is 11.9 Å². The summed E-state index contributed by atoms with van der Waals surface area (Å²) in [7, 11) is 0. The van der Waals surface area contributed by atoms with Crippen LogP contribution in [0.15, 0.2) is 80.2 Å². The molecule has 2 aliphatic rings. The molecule has 0 bridgehead atoms. The van der Waals surface area contributed by atoms with E-state index in [0.29, 0.717) is 16.7 Å². The lowest BCUT2D eigenvalue weighted by atomic mass is 9.89. The fourth-order valence-corrected chi connectivity index (χ4v) is 10.8. The summed E-state index contributed by atoms with van der Waals surface area (Å²) in [5.41, 5.74) is 7.20. The van der Waals surface area contributed by atoms with Crippen LogP contribution in [0.2, 0.25) is 0 Å². The predicted molar refractivity (Wildman–Crippen MR) is 249 cm³/mol. The number of hydrogen-bond donors (Lipinski definition) is 4. The number of aryl methyl sites for hydroxylation is 2. The second-order valence-electron chi connectivity index (χ2n) is 16.2. The Morgan fingerprint density at radius 2 is 1.20 bits per heavy atom. The molecule has 2 unspecified atom stereocenters. The van der Waals surface area contributed by atoms with Crippen LogP contribution in [0.3, 0.4) is 0 Å². The van der Waals surface area contributed by atoms with E-state index in [9.17, 15) is 19.8 Å². The lowest BCUT2D eigenvalue weighted by Crippen LogP contribution is -2.02. The number of carbonyl (C=O) groups is 2. The Labute approximate surface area is 376 Å². The molecule has 60 heavy (non-hydrogen) atoms. The van der Waals surface area contributed by atoms with Crippen molar-refractivity contribution in [3.8, 4) is 0 Å². The van der Waals surface area contributed by atoms with Gasteiger partial charge in [0.05, 0.1) is 23.4 Å². The summed E-state index contributed by atoms with van der Waals surface area (Å²) in [6.07, 6.45) is 19.1. The average molecular weight is 968 g/mol. The fourth-order valence-electron chi connectivity index (χ4n) is 8.42. The molecule has 11 heteroatoms. The van der Waals surface area contributed by atoms with E-state index in [1.807, 2.05) is 0 Å². The number of hydrogen-bond acceptors (Lipinski definition) is 7. The van der Waals surface area contributed by atoms with Gasteiger partial charge in [-0.05, 0) is 137 Å². The van der Waals surface area contributed by atoms with Crippen molar-refractivity contribution in [1.29, 1.82) is 0 Å². The van der Waals surface area contributed by atoms with Crippen LogP contribution in [0.5, 0.6) is 0 Å². The van der Waals surface area contributed by atoms with Crippen LogP contribution in [-0.4, -0.2) is 37.3 Å². The van der Waals surface area contributed by atoms with Gasteiger partial charge >= 0.3 is 11.9 Å². The van der Waals surface area contributed by atoms with Crippen molar-refractivity contribution in [1.82, 2.24) is 4.98 Å². The summed E-state index contributed by atoms with van der Waals surface area (Å²) in [5, 5.41) is 39.7. The van der Waals surface area contributed by atoms with Gasteiger partial charge in [0.2, 0.25) is 5.76 Å². The van der Waals surface area contributed by atoms with Gasteiger partial charge in [0, 0.05) is 6.42 Å². The van der Waals surface area contributed by atoms with E-state index in [1.54, 1.807) is 6.07 Å². The molecule has 6 rings (SSSR count). The van der Waals surface area contributed by atoms with E-state index in [1.165, 1.54) is 61.3 Å². The van der Waals surface area contributed by atoms with Crippen LogP contribution >= 0.6 is 43.2 Å². The maximum Gasteiger partial charge on any atom is 0.371 e. The molecule has 2 aliphatic carbocycles. The summed E-state index contributed by atoms with van der Waals surface area (Å²) in [6.45, 7) is 4.35. The van der Waals surface area contributed by atoms with E-state index in [2.05, 4.69) is 99.2 Å². The first-order valence-corrected chi connectivity index (χ1v) is 24.2. The maximum absolute atomic E-state index is 11.0. The molecule has 324 valence electrons. The van der Waals surface area contributed by atoms with Gasteiger partial charge in [0.1, 0.15) is 10.6 Å². The number of furan rings is 1. The third kappa shape index (κ3) is 13.8. The molecule has 2 aromatic heterocycles. The van der Waals surface area contributed by atoms with Crippen molar-refractivity contribution < 1.29 is 34.4 Å². The summed E-state index contributed by atoms with van der Waals surface area (Å²) in [5.74, 6) is -0.206. The number of nitrogens with zero attached hydrogens (tertiary/aromatic N) is 1. The first-order chi connectivity index (χ1) is 29.0. The quantitative estimate of drug-likeness (QED) is 0.0571. The van der Waals surface area contributed by atoms with Gasteiger partial charge in [-0.25, -0.2) is 14.6 Å². The van der Waals surface area contributed by atoms with Gasteiger partial charge in [0.15, 0.2) is 0 Å². The van der Waals surface area contributed by atoms with Gasteiger partial charge in [0.25, 0.3) is 0 Å². The highest BCUT2D eigenvalue weighted by molar-refractivity contribution is 9.12. The van der Waals surface area contributed by atoms with Crippen LogP contribution in [0.4, 0.5) is 0 Å². The van der Waals surface area contributed by atoms with Crippen molar-refractivity contribution in [3.05, 3.63) is 119 Å². The number of carboxylic acids is 2. The monoisotopic (exact) mass is 965 g/mol. The van der Waals surface area contributed by atoms with Crippen LogP contribution in [-0.2, 0) is 12.8 Å². The van der Waals surface area contributed by atoms with E-state index in [-0.39, 0.29) is 18.0 Å². The van der Waals surface area contributed by atoms with Crippen LogP contribution in [0, 0.1) is 11.8 Å². The Bertz CT molecular complexity index is 1890. The van der Waals surface area contributed by atoms with Crippen molar-refractivity contribution in [2.75, 3.05) is 0 Å². The second kappa shape index (κ2) is 24.3. The van der Waals surface area contributed by atoms with E-state index in [0.717, 1.165) is 131 Å². The molecule has 0 amide bonds. The number of aliphatic hydroxyl groups is 2. The van der Waals surface area contributed by atoms with Crippen molar-refractivity contribution in [3.63, 3.8) is 0 Å². The zero-order valence-corrected chi connectivity index (χ0v) is 39.0. The van der Waals surface area contributed by atoms with Gasteiger partial charge in [-0.3, -0.25) is 0 Å². The van der Waals surface area contributed by atoms with Crippen LogP contribution in [0.1, 0.15) is 182 Å². The summed E-state index contributed by atoms with van der Waals surface area (Å²) >= 11 is 8.83. The minimum Gasteiger partial charge on any atom is -0.477 e. The van der Waals surface area contributed by atoms with Crippen LogP contribution in [0.25, 0.3) is 11.1 Å². The molecule has 0 aliphatic heterocycles. The molecule has 0 radical (unpaired) electrons. The van der Waals surface area contributed by atoms with Gasteiger partial charge in [-0.2, -0.15) is 0 Å². The third-order valence-electron chi connectivity index (χ3n) is 11.8. The Morgan fingerprint density at radius 3 is 1.63 bits per heavy atom. The lowest BCUT2D eigenvalue weighted by Gasteiger charge is -2.17. The molecule has 0 spiro atoms. The van der Waals surface area contributed by atoms with Gasteiger partial charge in [-0.15, -0.1) is 11.3 Å². The van der Waals surface area contributed by atoms with Gasteiger partial charge in [-0.1, -0.05) is 133 Å². The highest BCUT2D eigenvalue weighted by Gasteiger charge is 2.27. The first kappa shape index (κ1) is 47.7. The summed E-state index contributed by atoms with van der Waals surface area (Å²) in [6, 6.07) is 20.1. The third-order valence-corrected chi connectivity index (χ3v) is 14.4. The maximum atomic E-state index is 11.0. The number of rotatable bonds is 22. The van der Waals surface area contributed by atoms with Crippen molar-refractivity contribution >= 4 is 66.3 Å². The number of allylic oxidation sites excluding steroid dienone is 4. The lowest BCUT2D eigenvalue weighted by molar-refractivity contribution is 0.0658. The molecule has 4 aromatic rings. The Morgan fingerprint density at radius 1 is 0.700 bits per heavy atom.